The van der Waals surface area contributed by atoms with Crippen LogP contribution in [0.3, 0.4) is 0 Å². The summed E-state index contributed by atoms with van der Waals surface area (Å²) in [5.74, 6) is -0.0204. The van der Waals surface area contributed by atoms with Crippen LogP contribution in [0.15, 0.2) is 58.8 Å². The Hall–Kier alpha value is -2.15. The SMILES string of the molecule is CSc1ccccc1NC(=O)CN(C)Cc1csc(-c2ccc(C)cc2)n1. The largest absolute Gasteiger partial charge is 0.324 e. The number of hydrogen-bond acceptors (Lipinski definition) is 5. The number of anilines is 1. The Balaban J connectivity index is 1.57. The normalized spacial score (nSPS) is 11.0. The zero-order valence-electron chi connectivity index (χ0n) is 15.7. The van der Waals surface area contributed by atoms with E-state index in [0.717, 1.165) is 26.8 Å². The summed E-state index contributed by atoms with van der Waals surface area (Å²) >= 11 is 3.26. The van der Waals surface area contributed by atoms with Gasteiger partial charge < -0.3 is 5.32 Å². The number of thioether (sulfide) groups is 1. The van der Waals surface area contributed by atoms with E-state index in [4.69, 9.17) is 4.98 Å². The first-order valence-electron chi connectivity index (χ1n) is 8.68. The van der Waals surface area contributed by atoms with Crippen LogP contribution in [0.4, 0.5) is 5.69 Å². The number of hydrogen-bond donors (Lipinski definition) is 1. The Morgan fingerprint density at radius 1 is 1.19 bits per heavy atom. The second-order valence-corrected chi connectivity index (χ2v) is 8.14. The highest BCUT2D eigenvalue weighted by Gasteiger charge is 2.12. The van der Waals surface area contributed by atoms with Crippen LogP contribution in [-0.4, -0.2) is 35.6 Å². The van der Waals surface area contributed by atoms with Gasteiger partial charge in [-0.25, -0.2) is 4.98 Å². The van der Waals surface area contributed by atoms with Crippen LogP contribution in [0.25, 0.3) is 10.6 Å². The zero-order chi connectivity index (χ0) is 19.2. The minimum Gasteiger partial charge on any atom is -0.324 e. The Labute approximate surface area is 168 Å². The molecular weight excluding hydrogens is 374 g/mol. The molecular formula is C21H23N3OS2. The lowest BCUT2D eigenvalue weighted by molar-refractivity contribution is -0.117. The number of rotatable bonds is 7. The number of aromatic nitrogens is 1. The standard InChI is InChI=1S/C21H23N3OS2/c1-15-8-10-16(11-9-15)21-22-17(14-27-21)12-24(2)13-20(25)23-18-6-4-5-7-19(18)26-3/h4-11,14H,12-13H2,1-3H3,(H,23,25). The van der Waals surface area contributed by atoms with Gasteiger partial charge in [0.1, 0.15) is 5.01 Å². The summed E-state index contributed by atoms with van der Waals surface area (Å²) in [6.45, 7) is 3.04. The van der Waals surface area contributed by atoms with Crippen LogP contribution in [0.2, 0.25) is 0 Å². The van der Waals surface area contributed by atoms with Gasteiger partial charge in [0.05, 0.1) is 17.9 Å². The van der Waals surface area contributed by atoms with Crippen LogP contribution in [-0.2, 0) is 11.3 Å². The molecule has 1 aromatic heterocycles. The number of benzene rings is 2. The van der Waals surface area contributed by atoms with Gasteiger partial charge in [-0.3, -0.25) is 9.69 Å². The van der Waals surface area contributed by atoms with Gasteiger partial charge in [-0.2, -0.15) is 0 Å². The van der Waals surface area contributed by atoms with Crippen molar-refractivity contribution in [3.8, 4) is 10.6 Å². The number of carbonyl (C=O) groups is 1. The van der Waals surface area contributed by atoms with Crippen molar-refractivity contribution in [1.29, 1.82) is 0 Å². The zero-order valence-corrected chi connectivity index (χ0v) is 17.4. The maximum Gasteiger partial charge on any atom is 0.238 e. The molecule has 0 aliphatic carbocycles. The highest BCUT2D eigenvalue weighted by atomic mass is 32.2. The van der Waals surface area contributed by atoms with Crippen molar-refractivity contribution in [2.24, 2.45) is 0 Å². The van der Waals surface area contributed by atoms with E-state index in [1.165, 1.54) is 5.56 Å². The van der Waals surface area contributed by atoms with E-state index in [1.807, 2.05) is 42.5 Å². The molecule has 0 bridgehead atoms. The molecule has 0 fully saturated rings. The summed E-state index contributed by atoms with van der Waals surface area (Å²) in [5.41, 5.74) is 4.21. The number of nitrogens with zero attached hydrogens (tertiary/aromatic N) is 2. The summed E-state index contributed by atoms with van der Waals surface area (Å²) in [6, 6.07) is 16.2. The van der Waals surface area contributed by atoms with Gasteiger partial charge in [-0.15, -0.1) is 23.1 Å². The molecule has 27 heavy (non-hydrogen) atoms. The summed E-state index contributed by atoms with van der Waals surface area (Å²) < 4.78 is 0. The number of aryl methyl sites for hydroxylation is 1. The van der Waals surface area contributed by atoms with Gasteiger partial charge in [0.15, 0.2) is 0 Å². The maximum atomic E-state index is 12.4. The van der Waals surface area contributed by atoms with E-state index in [9.17, 15) is 4.79 Å². The third-order valence-electron chi connectivity index (χ3n) is 4.08. The van der Waals surface area contributed by atoms with Gasteiger partial charge in [0, 0.05) is 22.4 Å². The Bertz CT molecular complexity index is 906. The second kappa shape index (κ2) is 9.17. The minimum absolute atomic E-state index is 0.0204. The van der Waals surface area contributed by atoms with E-state index >= 15 is 0 Å². The van der Waals surface area contributed by atoms with Crippen LogP contribution in [0.1, 0.15) is 11.3 Å². The summed E-state index contributed by atoms with van der Waals surface area (Å²) in [4.78, 5) is 20.1. The predicted octanol–water partition coefficient (Wildman–Crippen LogP) is 4.91. The second-order valence-electron chi connectivity index (χ2n) is 6.43. The fourth-order valence-corrected chi connectivity index (χ4v) is 4.09. The average molecular weight is 398 g/mol. The molecule has 6 heteroatoms. The summed E-state index contributed by atoms with van der Waals surface area (Å²) in [5, 5.41) is 6.07. The highest BCUT2D eigenvalue weighted by Crippen LogP contribution is 2.25. The Morgan fingerprint density at radius 3 is 2.67 bits per heavy atom. The van der Waals surface area contributed by atoms with E-state index in [-0.39, 0.29) is 5.91 Å². The maximum absolute atomic E-state index is 12.4. The number of amides is 1. The number of para-hydroxylation sites is 1. The summed E-state index contributed by atoms with van der Waals surface area (Å²) in [7, 11) is 1.94. The van der Waals surface area contributed by atoms with Crippen LogP contribution in [0, 0.1) is 6.92 Å². The fourth-order valence-electron chi connectivity index (χ4n) is 2.72. The van der Waals surface area contributed by atoms with Crippen molar-refractivity contribution in [2.45, 2.75) is 18.4 Å². The third kappa shape index (κ3) is 5.42. The molecule has 1 N–H and O–H groups in total. The van der Waals surface area contributed by atoms with Gasteiger partial charge in [-0.1, -0.05) is 42.0 Å². The van der Waals surface area contributed by atoms with Crippen molar-refractivity contribution in [3.63, 3.8) is 0 Å². The van der Waals surface area contributed by atoms with Crippen molar-refractivity contribution >= 4 is 34.7 Å². The molecule has 0 atom stereocenters. The van der Waals surface area contributed by atoms with Crippen molar-refractivity contribution in [2.75, 3.05) is 25.2 Å². The van der Waals surface area contributed by atoms with Crippen LogP contribution < -0.4 is 5.32 Å². The highest BCUT2D eigenvalue weighted by molar-refractivity contribution is 7.98. The molecule has 3 aromatic rings. The molecule has 3 rings (SSSR count). The molecule has 0 unspecified atom stereocenters. The topological polar surface area (TPSA) is 45.2 Å². The number of carbonyl (C=O) groups excluding carboxylic acids is 1. The monoisotopic (exact) mass is 397 g/mol. The molecule has 0 saturated heterocycles. The lowest BCUT2D eigenvalue weighted by atomic mass is 10.2. The Kier molecular flexibility index (Phi) is 6.66. The quantitative estimate of drug-likeness (QED) is 0.575. The molecule has 1 heterocycles. The number of thiazole rings is 1. The van der Waals surface area contributed by atoms with Crippen molar-refractivity contribution in [3.05, 3.63) is 65.2 Å². The molecule has 0 aliphatic rings. The van der Waals surface area contributed by atoms with Gasteiger partial charge in [0.25, 0.3) is 0 Å². The lowest BCUT2D eigenvalue weighted by Crippen LogP contribution is -2.30. The fraction of sp³-hybridized carbons (Fsp3) is 0.238. The van der Waals surface area contributed by atoms with E-state index in [0.29, 0.717) is 13.1 Å². The minimum atomic E-state index is -0.0204. The van der Waals surface area contributed by atoms with Crippen LogP contribution in [0.5, 0.6) is 0 Å². The third-order valence-corrected chi connectivity index (χ3v) is 5.81. The molecule has 140 valence electrons. The van der Waals surface area contributed by atoms with Crippen molar-refractivity contribution < 1.29 is 4.79 Å². The molecule has 0 saturated carbocycles. The van der Waals surface area contributed by atoms with E-state index < -0.39 is 0 Å². The van der Waals surface area contributed by atoms with E-state index in [2.05, 4.69) is 41.9 Å². The predicted molar refractivity (Wildman–Crippen MR) is 115 cm³/mol. The average Bonchev–Trinajstić information content (AvgIpc) is 3.10. The van der Waals surface area contributed by atoms with Crippen molar-refractivity contribution in [1.82, 2.24) is 9.88 Å². The van der Waals surface area contributed by atoms with Gasteiger partial charge in [-0.05, 0) is 32.4 Å². The molecule has 4 nitrogen and oxygen atoms in total. The first-order chi connectivity index (χ1) is 13.0. The lowest BCUT2D eigenvalue weighted by Gasteiger charge is -2.16. The molecule has 2 aromatic carbocycles. The first kappa shape index (κ1) is 19.6. The molecule has 0 aliphatic heterocycles. The molecule has 0 spiro atoms. The molecule has 1 amide bonds. The Morgan fingerprint density at radius 2 is 1.93 bits per heavy atom. The smallest absolute Gasteiger partial charge is 0.238 e. The van der Waals surface area contributed by atoms with Gasteiger partial charge >= 0.3 is 0 Å². The first-order valence-corrected chi connectivity index (χ1v) is 10.8. The van der Waals surface area contributed by atoms with E-state index in [1.54, 1.807) is 23.1 Å². The number of likely N-dealkylation sites (N-methyl/N-ethyl adjacent to an activating group) is 1. The molecule has 0 radical (unpaired) electrons. The summed E-state index contributed by atoms with van der Waals surface area (Å²) in [6.07, 6.45) is 2.00. The number of nitrogens with one attached hydrogen (secondary N) is 1. The van der Waals surface area contributed by atoms with Crippen LogP contribution >= 0.6 is 23.1 Å². The van der Waals surface area contributed by atoms with Gasteiger partial charge in [0.2, 0.25) is 5.91 Å².